The SMILES string of the molecule is CCS(=O)(=O)Cc1coc2c(F)cccc12. The summed E-state index contributed by atoms with van der Waals surface area (Å²) in [6, 6.07) is 4.47. The number of benzene rings is 1. The highest BCUT2D eigenvalue weighted by Gasteiger charge is 2.15. The molecule has 0 saturated carbocycles. The Hall–Kier alpha value is -1.36. The van der Waals surface area contributed by atoms with Crippen molar-refractivity contribution in [1.82, 2.24) is 0 Å². The first kappa shape index (κ1) is 11.1. The van der Waals surface area contributed by atoms with Crippen LogP contribution in [0.4, 0.5) is 4.39 Å². The monoisotopic (exact) mass is 242 g/mol. The summed E-state index contributed by atoms with van der Waals surface area (Å²) in [5.74, 6) is -0.521. The van der Waals surface area contributed by atoms with Crippen LogP contribution in [0.3, 0.4) is 0 Å². The van der Waals surface area contributed by atoms with Crippen LogP contribution in [-0.4, -0.2) is 14.2 Å². The summed E-state index contributed by atoms with van der Waals surface area (Å²) in [6.45, 7) is 1.58. The number of rotatable bonds is 3. The molecule has 0 bridgehead atoms. The fourth-order valence-electron chi connectivity index (χ4n) is 1.53. The van der Waals surface area contributed by atoms with Gasteiger partial charge in [-0.2, -0.15) is 0 Å². The number of sulfone groups is 1. The van der Waals surface area contributed by atoms with Crippen LogP contribution in [-0.2, 0) is 15.6 Å². The van der Waals surface area contributed by atoms with Gasteiger partial charge in [0.05, 0.1) is 12.0 Å². The van der Waals surface area contributed by atoms with Crippen LogP contribution in [0.25, 0.3) is 11.0 Å². The molecule has 0 fully saturated rings. The van der Waals surface area contributed by atoms with E-state index in [0.29, 0.717) is 10.9 Å². The zero-order chi connectivity index (χ0) is 11.8. The third-order valence-corrected chi connectivity index (χ3v) is 4.08. The van der Waals surface area contributed by atoms with Crippen molar-refractivity contribution < 1.29 is 17.2 Å². The van der Waals surface area contributed by atoms with Crippen LogP contribution in [0.15, 0.2) is 28.9 Å². The molecule has 16 heavy (non-hydrogen) atoms. The van der Waals surface area contributed by atoms with Gasteiger partial charge in [-0.05, 0) is 6.07 Å². The fraction of sp³-hybridized carbons (Fsp3) is 0.273. The summed E-state index contributed by atoms with van der Waals surface area (Å²) in [6.07, 6.45) is 1.31. The lowest BCUT2D eigenvalue weighted by Crippen LogP contribution is -2.05. The van der Waals surface area contributed by atoms with Crippen molar-refractivity contribution in [2.24, 2.45) is 0 Å². The molecule has 0 radical (unpaired) electrons. The first-order valence-corrected chi connectivity index (χ1v) is 6.70. The van der Waals surface area contributed by atoms with Crippen molar-refractivity contribution in [2.45, 2.75) is 12.7 Å². The summed E-state index contributed by atoms with van der Waals surface area (Å²) < 4.78 is 41.2. The molecule has 1 heterocycles. The Bertz CT molecular complexity index is 613. The average molecular weight is 242 g/mol. The standard InChI is InChI=1S/C11H11FO3S/c1-2-16(13,14)7-8-6-15-11-9(8)4-3-5-10(11)12/h3-6H,2,7H2,1H3. The predicted molar refractivity (Wildman–Crippen MR) is 59.3 cm³/mol. The maximum absolute atomic E-state index is 13.3. The van der Waals surface area contributed by atoms with Gasteiger partial charge in [-0.15, -0.1) is 0 Å². The van der Waals surface area contributed by atoms with Gasteiger partial charge in [-0.25, -0.2) is 12.8 Å². The van der Waals surface area contributed by atoms with E-state index in [2.05, 4.69) is 0 Å². The number of fused-ring (bicyclic) bond motifs is 1. The minimum absolute atomic E-state index is 0.0645. The predicted octanol–water partition coefficient (Wildman–Crippen LogP) is 2.51. The highest BCUT2D eigenvalue weighted by Crippen LogP contribution is 2.25. The second kappa shape index (κ2) is 3.90. The molecule has 5 heteroatoms. The van der Waals surface area contributed by atoms with E-state index in [9.17, 15) is 12.8 Å². The summed E-state index contributed by atoms with van der Waals surface area (Å²) in [7, 11) is -3.13. The molecule has 1 aromatic heterocycles. The number of halogens is 1. The van der Waals surface area contributed by atoms with Crippen LogP contribution in [0.2, 0.25) is 0 Å². The van der Waals surface area contributed by atoms with Gasteiger partial charge < -0.3 is 4.42 Å². The lowest BCUT2D eigenvalue weighted by atomic mass is 10.2. The molecule has 0 saturated heterocycles. The van der Waals surface area contributed by atoms with Crippen molar-refractivity contribution >= 4 is 20.8 Å². The molecular formula is C11H11FO3S. The van der Waals surface area contributed by atoms with E-state index in [1.807, 2.05) is 0 Å². The summed E-state index contributed by atoms with van der Waals surface area (Å²) in [4.78, 5) is 0. The van der Waals surface area contributed by atoms with E-state index in [0.717, 1.165) is 0 Å². The Balaban J connectivity index is 2.51. The molecule has 2 rings (SSSR count). The third kappa shape index (κ3) is 1.95. The fourth-order valence-corrected chi connectivity index (χ4v) is 2.43. The number of para-hydroxylation sites is 1. The molecular weight excluding hydrogens is 231 g/mol. The van der Waals surface area contributed by atoms with Gasteiger partial charge in [0.1, 0.15) is 0 Å². The Morgan fingerprint density at radius 3 is 2.81 bits per heavy atom. The molecule has 0 N–H and O–H groups in total. The van der Waals surface area contributed by atoms with E-state index in [4.69, 9.17) is 4.42 Å². The van der Waals surface area contributed by atoms with E-state index < -0.39 is 15.7 Å². The smallest absolute Gasteiger partial charge is 0.169 e. The van der Waals surface area contributed by atoms with Crippen molar-refractivity contribution in [3.63, 3.8) is 0 Å². The van der Waals surface area contributed by atoms with Crippen molar-refractivity contribution in [2.75, 3.05) is 5.75 Å². The normalized spacial score (nSPS) is 12.1. The maximum atomic E-state index is 13.3. The van der Waals surface area contributed by atoms with Crippen LogP contribution in [0.5, 0.6) is 0 Å². The first-order chi connectivity index (χ1) is 7.53. The van der Waals surface area contributed by atoms with E-state index in [1.54, 1.807) is 13.0 Å². The molecule has 0 aliphatic carbocycles. The van der Waals surface area contributed by atoms with Crippen molar-refractivity contribution in [3.05, 3.63) is 35.8 Å². The van der Waals surface area contributed by atoms with Gasteiger partial charge in [-0.3, -0.25) is 0 Å². The molecule has 0 aliphatic rings. The van der Waals surface area contributed by atoms with Gasteiger partial charge in [0.2, 0.25) is 0 Å². The first-order valence-electron chi connectivity index (χ1n) is 4.88. The summed E-state index contributed by atoms with van der Waals surface area (Å²) in [5, 5.41) is 0.525. The summed E-state index contributed by atoms with van der Waals surface area (Å²) >= 11 is 0. The molecule has 0 unspecified atom stereocenters. The van der Waals surface area contributed by atoms with Crippen molar-refractivity contribution in [1.29, 1.82) is 0 Å². The second-order valence-electron chi connectivity index (χ2n) is 3.55. The van der Waals surface area contributed by atoms with E-state index in [-0.39, 0.29) is 17.1 Å². The van der Waals surface area contributed by atoms with Crippen molar-refractivity contribution in [3.8, 4) is 0 Å². The van der Waals surface area contributed by atoms with Gasteiger partial charge in [-0.1, -0.05) is 19.1 Å². The van der Waals surface area contributed by atoms with Gasteiger partial charge in [0.25, 0.3) is 0 Å². The number of furan rings is 1. The minimum Gasteiger partial charge on any atom is -0.461 e. The number of hydrogen-bond acceptors (Lipinski definition) is 3. The van der Waals surface area contributed by atoms with Gasteiger partial charge in [0.15, 0.2) is 21.2 Å². The maximum Gasteiger partial charge on any atom is 0.169 e. The van der Waals surface area contributed by atoms with Crippen LogP contribution in [0.1, 0.15) is 12.5 Å². The Morgan fingerprint density at radius 1 is 1.38 bits per heavy atom. The average Bonchev–Trinajstić information content (AvgIpc) is 2.63. The third-order valence-electron chi connectivity index (χ3n) is 2.45. The zero-order valence-electron chi connectivity index (χ0n) is 8.73. The molecule has 3 nitrogen and oxygen atoms in total. The van der Waals surface area contributed by atoms with Crippen LogP contribution < -0.4 is 0 Å². The van der Waals surface area contributed by atoms with E-state index in [1.165, 1.54) is 18.4 Å². The lowest BCUT2D eigenvalue weighted by molar-refractivity contribution is 0.558. The molecule has 2 aromatic rings. The Morgan fingerprint density at radius 2 is 2.12 bits per heavy atom. The highest BCUT2D eigenvalue weighted by atomic mass is 32.2. The highest BCUT2D eigenvalue weighted by molar-refractivity contribution is 7.90. The second-order valence-corrected chi connectivity index (χ2v) is 5.91. The van der Waals surface area contributed by atoms with Crippen LogP contribution in [0, 0.1) is 5.82 Å². The van der Waals surface area contributed by atoms with Crippen LogP contribution >= 0.6 is 0 Å². The lowest BCUT2D eigenvalue weighted by Gasteiger charge is -1.98. The molecule has 1 aromatic carbocycles. The molecule has 86 valence electrons. The molecule has 0 aliphatic heterocycles. The number of hydrogen-bond donors (Lipinski definition) is 0. The zero-order valence-corrected chi connectivity index (χ0v) is 9.55. The van der Waals surface area contributed by atoms with Gasteiger partial charge in [0, 0.05) is 16.7 Å². The quantitative estimate of drug-likeness (QED) is 0.830. The van der Waals surface area contributed by atoms with E-state index >= 15 is 0 Å². The van der Waals surface area contributed by atoms with Gasteiger partial charge >= 0.3 is 0 Å². The molecule has 0 amide bonds. The Labute approximate surface area is 92.8 Å². The summed E-state index contributed by atoms with van der Waals surface area (Å²) in [5.41, 5.74) is 0.625. The minimum atomic E-state index is -3.13. The largest absolute Gasteiger partial charge is 0.461 e. The molecule has 0 atom stereocenters. The molecule has 0 spiro atoms. The Kier molecular flexibility index (Phi) is 2.71. The topological polar surface area (TPSA) is 47.3 Å².